The van der Waals surface area contributed by atoms with Crippen LogP contribution in [-0.2, 0) is 14.3 Å². The maximum absolute atomic E-state index is 11.9. The molecule has 1 unspecified atom stereocenters. The number of hydrogen-bond donors (Lipinski definition) is 1. The fourth-order valence-electron chi connectivity index (χ4n) is 1.29. The molecule has 0 aliphatic heterocycles. The number of rotatable bonds is 6. The number of aliphatic hydroxyl groups is 1. The SMILES string of the molecule is C=CCN(CC(O)C(=C)C(=O)OC)C(=O)OC(C)(C)C. The molecule has 1 N–H and O–H groups in total. The van der Waals surface area contributed by atoms with Crippen molar-refractivity contribution < 1.29 is 24.2 Å². The molecule has 0 spiro atoms. The lowest BCUT2D eigenvalue weighted by atomic mass is 10.1. The first-order valence-electron chi connectivity index (χ1n) is 6.16. The number of hydrogen-bond acceptors (Lipinski definition) is 5. The summed E-state index contributed by atoms with van der Waals surface area (Å²) < 4.78 is 9.66. The summed E-state index contributed by atoms with van der Waals surface area (Å²) in [4.78, 5) is 24.4. The van der Waals surface area contributed by atoms with Crippen molar-refractivity contribution >= 4 is 12.1 Å². The zero-order chi connectivity index (χ0) is 15.9. The molecule has 0 aromatic heterocycles. The van der Waals surface area contributed by atoms with E-state index in [1.54, 1.807) is 20.8 Å². The van der Waals surface area contributed by atoms with Crippen LogP contribution < -0.4 is 0 Å². The van der Waals surface area contributed by atoms with Crippen LogP contribution in [0.5, 0.6) is 0 Å². The van der Waals surface area contributed by atoms with Gasteiger partial charge in [-0.3, -0.25) is 0 Å². The predicted molar refractivity (Wildman–Crippen MR) is 75.2 cm³/mol. The van der Waals surface area contributed by atoms with Crippen molar-refractivity contribution in [3.05, 3.63) is 24.8 Å². The minimum Gasteiger partial charge on any atom is -0.466 e. The molecule has 0 aromatic carbocycles. The molecule has 114 valence electrons. The number of carbonyl (C=O) groups is 2. The van der Waals surface area contributed by atoms with Crippen molar-refractivity contribution in [2.45, 2.75) is 32.5 Å². The Bertz CT molecular complexity index is 384. The van der Waals surface area contributed by atoms with Crippen LogP contribution in [-0.4, -0.2) is 54.0 Å². The van der Waals surface area contributed by atoms with E-state index in [0.29, 0.717) is 0 Å². The summed E-state index contributed by atoms with van der Waals surface area (Å²) in [5.41, 5.74) is -0.772. The fraction of sp³-hybridized carbons (Fsp3) is 0.571. The Morgan fingerprint density at radius 1 is 1.40 bits per heavy atom. The van der Waals surface area contributed by atoms with Gasteiger partial charge in [0.2, 0.25) is 0 Å². The number of methoxy groups -OCH3 is 1. The highest BCUT2D eigenvalue weighted by Crippen LogP contribution is 2.12. The molecule has 6 nitrogen and oxygen atoms in total. The van der Waals surface area contributed by atoms with E-state index in [1.165, 1.54) is 18.1 Å². The first-order chi connectivity index (χ1) is 9.12. The lowest BCUT2D eigenvalue weighted by Crippen LogP contribution is -2.42. The van der Waals surface area contributed by atoms with Crippen LogP contribution in [0, 0.1) is 0 Å². The van der Waals surface area contributed by atoms with Crippen molar-refractivity contribution in [2.24, 2.45) is 0 Å². The standard InChI is InChI=1S/C14H23NO5/c1-7-8-15(13(18)20-14(3,4)5)9-11(16)10(2)12(17)19-6/h7,11,16H,1-2,8-9H2,3-6H3. The van der Waals surface area contributed by atoms with Gasteiger partial charge in [-0.25, -0.2) is 9.59 Å². The zero-order valence-corrected chi connectivity index (χ0v) is 12.5. The molecule has 0 rings (SSSR count). The van der Waals surface area contributed by atoms with Crippen LogP contribution in [0.3, 0.4) is 0 Å². The van der Waals surface area contributed by atoms with Gasteiger partial charge in [0.15, 0.2) is 0 Å². The molecule has 0 aromatic rings. The molecule has 0 aliphatic carbocycles. The van der Waals surface area contributed by atoms with Crippen LogP contribution in [0.1, 0.15) is 20.8 Å². The molecular weight excluding hydrogens is 262 g/mol. The number of aliphatic hydroxyl groups excluding tert-OH is 1. The summed E-state index contributed by atoms with van der Waals surface area (Å²) >= 11 is 0. The van der Waals surface area contributed by atoms with E-state index in [2.05, 4.69) is 17.9 Å². The van der Waals surface area contributed by atoms with Gasteiger partial charge in [-0.05, 0) is 20.8 Å². The second kappa shape index (κ2) is 7.69. The van der Waals surface area contributed by atoms with Crippen LogP contribution in [0.2, 0.25) is 0 Å². The summed E-state index contributed by atoms with van der Waals surface area (Å²) in [6.07, 6.45) is -0.332. The van der Waals surface area contributed by atoms with Gasteiger partial charge in [-0.2, -0.15) is 0 Å². The summed E-state index contributed by atoms with van der Waals surface area (Å²) in [5, 5.41) is 9.88. The summed E-state index contributed by atoms with van der Waals surface area (Å²) in [7, 11) is 1.19. The Hall–Kier alpha value is -1.82. The maximum atomic E-state index is 11.9. The second-order valence-electron chi connectivity index (χ2n) is 5.21. The van der Waals surface area contributed by atoms with Gasteiger partial charge in [0.1, 0.15) is 11.7 Å². The first-order valence-corrected chi connectivity index (χ1v) is 6.16. The van der Waals surface area contributed by atoms with Gasteiger partial charge < -0.3 is 19.5 Å². The Morgan fingerprint density at radius 3 is 2.35 bits per heavy atom. The van der Waals surface area contributed by atoms with E-state index in [4.69, 9.17) is 4.74 Å². The molecule has 0 saturated carbocycles. The molecule has 1 atom stereocenters. The van der Waals surface area contributed by atoms with Gasteiger partial charge >= 0.3 is 12.1 Å². The van der Waals surface area contributed by atoms with Gasteiger partial charge in [0.25, 0.3) is 0 Å². The average molecular weight is 285 g/mol. The van der Waals surface area contributed by atoms with Crippen molar-refractivity contribution in [2.75, 3.05) is 20.2 Å². The van der Waals surface area contributed by atoms with Gasteiger partial charge in [0, 0.05) is 6.54 Å². The number of esters is 1. The van der Waals surface area contributed by atoms with Crippen LogP contribution in [0.4, 0.5) is 4.79 Å². The van der Waals surface area contributed by atoms with Crippen LogP contribution in [0.25, 0.3) is 0 Å². The molecule has 0 aliphatic rings. The topological polar surface area (TPSA) is 76.1 Å². The highest BCUT2D eigenvalue weighted by atomic mass is 16.6. The summed E-state index contributed by atoms with van der Waals surface area (Å²) in [6, 6.07) is 0. The van der Waals surface area contributed by atoms with Crippen LogP contribution >= 0.6 is 0 Å². The molecule has 0 heterocycles. The van der Waals surface area contributed by atoms with E-state index >= 15 is 0 Å². The highest BCUT2D eigenvalue weighted by molar-refractivity contribution is 5.88. The van der Waals surface area contributed by atoms with Gasteiger partial charge in [0.05, 0.1) is 19.2 Å². The predicted octanol–water partition coefficient (Wildman–Crippen LogP) is 1.50. The largest absolute Gasteiger partial charge is 0.466 e. The maximum Gasteiger partial charge on any atom is 0.410 e. The van der Waals surface area contributed by atoms with Crippen LogP contribution in [0.15, 0.2) is 24.8 Å². The monoisotopic (exact) mass is 285 g/mol. The first kappa shape index (κ1) is 18.2. The third-order valence-electron chi connectivity index (χ3n) is 2.24. The van der Waals surface area contributed by atoms with Crippen molar-refractivity contribution in [1.82, 2.24) is 4.90 Å². The Morgan fingerprint density at radius 2 is 1.95 bits per heavy atom. The molecule has 0 saturated heterocycles. The van der Waals surface area contributed by atoms with E-state index in [-0.39, 0.29) is 18.7 Å². The number of amides is 1. The number of carbonyl (C=O) groups excluding carboxylic acids is 2. The summed E-state index contributed by atoms with van der Waals surface area (Å²) in [6.45, 7) is 12.2. The zero-order valence-electron chi connectivity index (χ0n) is 12.5. The third kappa shape index (κ3) is 6.38. The molecule has 20 heavy (non-hydrogen) atoms. The lowest BCUT2D eigenvalue weighted by molar-refractivity contribution is -0.137. The van der Waals surface area contributed by atoms with E-state index < -0.39 is 23.8 Å². The number of ether oxygens (including phenoxy) is 2. The molecule has 0 radical (unpaired) electrons. The molecule has 0 fully saturated rings. The quantitative estimate of drug-likeness (QED) is 0.454. The molecule has 0 bridgehead atoms. The van der Waals surface area contributed by atoms with Gasteiger partial charge in [-0.15, -0.1) is 6.58 Å². The Kier molecular flexibility index (Phi) is 6.99. The van der Waals surface area contributed by atoms with Crippen molar-refractivity contribution in [3.8, 4) is 0 Å². The third-order valence-corrected chi connectivity index (χ3v) is 2.24. The normalized spacial score (nSPS) is 12.2. The van der Waals surface area contributed by atoms with Gasteiger partial charge in [-0.1, -0.05) is 12.7 Å². The molecular formula is C14H23NO5. The fourth-order valence-corrected chi connectivity index (χ4v) is 1.29. The van der Waals surface area contributed by atoms with Crippen molar-refractivity contribution in [3.63, 3.8) is 0 Å². The van der Waals surface area contributed by atoms with E-state index in [0.717, 1.165) is 0 Å². The van der Waals surface area contributed by atoms with Crippen molar-refractivity contribution in [1.29, 1.82) is 0 Å². The smallest absolute Gasteiger partial charge is 0.410 e. The van der Waals surface area contributed by atoms with E-state index in [1.807, 2.05) is 0 Å². The minimum atomic E-state index is -1.23. The second-order valence-corrected chi connectivity index (χ2v) is 5.21. The average Bonchev–Trinajstić information content (AvgIpc) is 2.34. The highest BCUT2D eigenvalue weighted by Gasteiger charge is 2.26. The molecule has 6 heteroatoms. The summed E-state index contributed by atoms with van der Waals surface area (Å²) in [5.74, 6) is -0.722. The minimum absolute atomic E-state index is 0.120. The van der Waals surface area contributed by atoms with E-state index in [9.17, 15) is 14.7 Å². The Balaban J connectivity index is 4.77. The molecule has 1 amide bonds. The number of nitrogens with zero attached hydrogens (tertiary/aromatic N) is 1. The Labute approximate surface area is 119 Å². The lowest BCUT2D eigenvalue weighted by Gasteiger charge is -2.28.